The van der Waals surface area contributed by atoms with E-state index in [1.807, 2.05) is 24.3 Å². The molecule has 0 aliphatic heterocycles. The van der Waals surface area contributed by atoms with Crippen LogP contribution in [-0.2, 0) is 11.2 Å². The number of amides is 1. The van der Waals surface area contributed by atoms with E-state index < -0.39 is 5.92 Å². The second kappa shape index (κ2) is 7.52. The number of nitrogens with one attached hydrogen (secondary N) is 2. The Hall–Kier alpha value is -3.29. The van der Waals surface area contributed by atoms with E-state index in [1.165, 1.54) is 24.3 Å². The van der Waals surface area contributed by atoms with Gasteiger partial charge in [0.05, 0.1) is 7.11 Å². The van der Waals surface area contributed by atoms with Gasteiger partial charge in [-0.05, 0) is 42.3 Å². The number of aromatic nitrogens is 4. The van der Waals surface area contributed by atoms with Crippen LogP contribution in [0, 0.1) is 5.82 Å². The van der Waals surface area contributed by atoms with E-state index in [0.717, 1.165) is 5.56 Å². The summed E-state index contributed by atoms with van der Waals surface area (Å²) in [5.74, 6) is -0.433. The first-order valence-corrected chi connectivity index (χ1v) is 7.59. The van der Waals surface area contributed by atoms with Crippen molar-refractivity contribution in [2.24, 2.45) is 0 Å². The monoisotopic (exact) mass is 341 g/mol. The molecule has 7 nitrogen and oxygen atoms in total. The number of methoxy groups -OCH3 is 1. The Bertz CT molecular complexity index is 837. The van der Waals surface area contributed by atoms with Gasteiger partial charge in [-0.25, -0.2) is 4.39 Å². The van der Waals surface area contributed by atoms with Crippen molar-refractivity contribution < 1.29 is 13.9 Å². The molecular weight excluding hydrogens is 325 g/mol. The summed E-state index contributed by atoms with van der Waals surface area (Å²) in [7, 11) is 1.57. The van der Waals surface area contributed by atoms with Gasteiger partial charge in [-0.15, -0.1) is 10.2 Å². The van der Waals surface area contributed by atoms with Crippen LogP contribution in [0.1, 0.15) is 17.3 Å². The molecule has 3 aromatic rings. The van der Waals surface area contributed by atoms with E-state index in [-0.39, 0.29) is 17.5 Å². The van der Waals surface area contributed by atoms with Crippen molar-refractivity contribution in [2.45, 2.75) is 12.3 Å². The van der Waals surface area contributed by atoms with Gasteiger partial charge in [-0.3, -0.25) is 4.79 Å². The lowest BCUT2D eigenvalue weighted by atomic mass is 9.97. The molecule has 25 heavy (non-hydrogen) atoms. The van der Waals surface area contributed by atoms with Crippen molar-refractivity contribution in [1.29, 1.82) is 0 Å². The van der Waals surface area contributed by atoms with Crippen LogP contribution >= 0.6 is 0 Å². The third kappa shape index (κ3) is 3.97. The first-order chi connectivity index (χ1) is 12.2. The molecule has 0 saturated heterocycles. The van der Waals surface area contributed by atoms with E-state index in [1.54, 1.807) is 7.11 Å². The predicted molar refractivity (Wildman–Crippen MR) is 88.6 cm³/mol. The van der Waals surface area contributed by atoms with Crippen LogP contribution in [0.5, 0.6) is 5.75 Å². The zero-order chi connectivity index (χ0) is 17.6. The smallest absolute Gasteiger partial charge is 0.235 e. The lowest BCUT2D eigenvalue weighted by Crippen LogP contribution is -2.24. The van der Waals surface area contributed by atoms with E-state index in [0.29, 0.717) is 17.9 Å². The van der Waals surface area contributed by atoms with Crippen LogP contribution in [0.15, 0.2) is 48.5 Å². The third-order valence-corrected chi connectivity index (χ3v) is 3.72. The highest BCUT2D eigenvalue weighted by Crippen LogP contribution is 2.26. The summed E-state index contributed by atoms with van der Waals surface area (Å²) in [4.78, 5) is 12.7. The number of halogens is 1. The lowest BCUT2D eigenvalue weighted by Gasteiger charge is -2.15. The fourth-order valence-electron chi connectivity index (χ4n) is 2.47. The van der Waals surface area contributed by atoms with Gasteiger partial charge >= 0.3 is 0 Å². The van der Waals surface area contributed by atoms with Crippen molar-refractivity contribution >= 4 is 11.6 Å². The van der Waals surface area contributed by atoms with E-state index in [4.69, 9.17) is 4.74 Å². The molecule has 0 aliphatic carbocycles. The van der Waals surface area contributed by atoms with Gasteiger partial charge in [0.15, 0.2) is 5.82 Å². The number of ether oxygens (including phenoxy) is 1. The van der Waals surface area contributed by atoms with Crippen molar-refractivity contribution in [1.82, 2.24) is 20.6 Å². The SMILES string of the molecule is COc1ccccc1C[C@H](C(=O)Nc1ccc(F)cc1)c1nn[nH]n1. The van der Waals surface area contributed by atoms with Crippen molar-refractivity contribution in [3.8, 4) is 5.75 Å². The predicted octanol–water partition coefficient (Wildman–Crippen LogP) is 2.31. The molecule has 0 aliphatic rings. The van der Waals surface area contributed by atoms with Gasteiger partial charge in [-0.1, -0.05) is 23.4 Å². The molecule has 1 atom stereocenters. The molecule has 1 amide bonds. The summed E-state index contributed by atoms with van der Waals surface area (Å²) >= 11 is 0. The minimum atomic E-state index is -0.680. The van der Waals surface area contributed by atoms with Gasteiger partial charge in [-0.2, -0.15) is 5.21 Å². The lowest BCUT2D eigenvalue weighted by molar-refractivity contribution is -0.117. The maximum atomic E-state index is 13.0. The Balaban J connectivity index is 1.84. The molecule has 0 spiro atoms. The zero-order valence-corrected chi connectivity index (χ0v) is 13.4. The summed E-state index contributed by atoms with van der Waals surface area (Å²) in [6, 6.07) is 12.9. The van der Waals surface area contributed by atoms with Gasteiger partial charge in [0.2, 0.25) is 5.91 Å². The summed E-state index contributed by atoms with van der Waals surface area (Å²) < 4.78 is 18.4. The third-order valence-electron chi connectivity index (χ3n) is 3.72. The maximum Gasteiger partial charge on any atom is 0.235 e. The van der Waals surface area contributed by atoms with Crippen molar-refractivity contribution in [2.75, 3.05) is 12.4 Å². The number of benzene rings is 2. The second-order valence-corrected chi connectivity index (χ2v) is 5.33. The second-order valence-electron chi connectivity index (χ2n) is 5.33. The molecule has 1 aromatic heterocycles. The van der Waals surface area contributed by atoms with Crippen LogP contribution < -0.4 is 10.1 Å². The van der Waals surface area contributed by atoms with Crippen LogP contribution in [0.3, 0.4) is 0 Å². The first kappa shape index (κ1) is 16.6. The topological polar surface area (TPSA) is 92.8 Å². The molecular formula is C17H16FN5O2. The summed E-state index contributed by atoms with van der Waals surface area (Å²) in [6.07, 6.45) is 0.330. The number of carbonyl (C=O) groups excluding carboxylic acids is 1. The molecule has 2 N–H and O–H groups in total. The summed E-state index contributed by atoms with van der Waals surface area (Å²) in [6.45, 7) is 0. The molecule has 3 rings (SSSR count). The minimum Gasteiger partial charge on any atom is -0.496 e. The van der Waals surface area contributed by atoms with Crippen molar-refractivity contribution in [3.05, 3.63) is 65.7 Å². The number of hydrogen-bond acceptors (Lipinski definition) is 5. The number of H-pyrrole nitrogens is 1. The number of tetrazole rings is 1. The van der Waals surface area contributed by atoms with Gasteiger partial charge in [0.25, 0.3) is 0 Å². The van der Waals surface area contributed by atoms with Crippen LogP contribution in [0.25, 0.3) is 0 Å². The van der Waals surface area contributed by atoms with Gasteiger partial charge in [0, 0.05) is 5.69 Å². The Morgan fingerprint density at radius 2 is 2.00 bits per heavy atom. The summed E-state index contributed by atoms with van der Waals surface area (Å²) in [5, 5.41) is 16.5. The Morgan fingerprint density at radius 1 is 1.24 bits per heavy atom. The van der Waals surface area contributed by atoms with Crippen LogP contribution in [0.4, 0.5) is 10.1 Å². The number of aromatic amines is 1. The minimum absolute atomic E-state index is 0.269. The van der Waals surface area contributed by atoms with Gasteiger partial charge < -0.3 is 10.1 Å². The van der Waals surface area contributed by atoms with Crippen LogP contribution in [-0.4, -0.2) is 33.6 Å². The Kier molecular flexibility index (Phi) is 4.98. The highest BCUT2D eigenvalue weighted by atomic mass is 19.1. The zero-order valence-electron chi connectivity index (χ0n) is 13.4. The average Bonchev–Trinajstić information content (AvgIpc) is 3.16. The molecule has 2 aromatic carbocycles. The van der Waals surface area contributed by atoms with Crippen LogP contribution in [0.2, 0.25) is 0 Å². The van der Waals surface area contributed by atoms with E-state index in [9.17, 15) is 9.18 Å². The number of anilines is 1. The normalized spacial score (nSPS) is 11.8. The molecule has 0 unspecified atom stereocenters. The quantitative estimate of drug-likeness (QED) is 0.718. The molecule has 0 fully saturated rings. The fraction of sp³-hybridized carbons (Fsp3) is 0.176. The number of nitrogens with zero attached hydrogens (tertiary/aromatic N) is 3. The maximum absolute atomic E-state index is 13.0. The first-order valence-electron chi connectivity index (χ1n) is 7.59. The number of rotatable bonds is 6. The number of para-hydroxylation sites is 1. The van der Waals surface area contributed by atoms with E-state index >= 15 is 0 Å². The highest BCUT2D eigenvalue weighted by Gasteiger charge is 2.26. The van der Waals surface area contributed by atoms with E-state index in [2.05, 4.69) is 25.9 Å². The molecule has 8 heteroatoms. The molecule has 128 valence electrons. The molecule has 0 bridgehead atoms. The number of hydrogen-bond donors (Lipinski definition) is 2. The average molecular weight is 341 g/mol. The molecule has 0 radical (unpaired) electrons. The molecule has 1 heterocycles. The Morgan fingerprint density at radius 3 is 2.68 bits per heavy atom. The Labute approximate surface area is 143 Å². The summed E-state index contributed by atoms with van der Waals surface area (Å²) in [5.41, 5.74) is 1.33. The fourth-order valence-corrected chi connectivity index (χ4v) is 2.47. The molecule has 0 saturated carbocycles. The van der Waals surface area contributed by atoms with Gasteiger partial charge in [0.1, 0.15) is 17.5 Å². The number of carbonyl (C=O) groups is 1. The largest absolute Gasteiger partial charge is 0.496 e. The van der Waals surface area contributed by atoms with Crippen molar-refractivity contribution in [3.63, 3.8) is 0 Å². The highest BCUT2D eigenvalue weighted by molar-refractivity contribution is 5.95. The standard InChI is InChI=1S/C17H16FN5O2/c1-25-15-5-3-2-4-11(15)10-14(16-20-22-23-21-16)17(24)19-13-8-6-12(18)7-9-13/h2-9,14H,10H2,1H3,(H,19,24)(H,20,21,22,23)/t14-/m0/s1.